The van der Waals surface area contributed by atoms with Crippen LogP contribution in [0, 0.1) is 0 Å². The zero-order valence-electron chi connectivity index (χ0n) is 11.2. The number of carbonyl (C=O) groups excluding carboxylic acids is 1. The fourth-order valence-corrected chi connectivity index (χ4v) is 0.204. The minimum Gasteiger partial charge on any atom is -0.400 e. The van der Waals surface area contributed by atoms with Crippen molar-refractivity contribution in [3.63, 3.8) is 0 Å². The lowest BCUT2D eigenvalue weighted by molar-refractivity contribution is -0.311. The summed E-state index contributed by atoms with van der Waals surface area (Å²) in [6.45, 7) is 6.49. The molecule has 0 unspecified atom stereocenters. The van der Waals surface area contributed by atoms with E-state index in [0.29, 0.717) is 6.79 Å². The van der Waals surface area contributed by atoms with Gasteiger partial charge in [-0.3, -0.25) is 0 Å². The molecule has 1 aliphatic rings. The van der Waals surface area contributed by atoms with E-state index in [1.54, 1.807) is 13.8 Å². The van der Waals surface area contributed by atoms with Crippen LogP contribution in [0.4, 0.5) is 0 Å². The summed E-state index contributed by atoms with van der Waals surface area (Å²) in [6.07, 6.45) is 0.648. The fourth-order valence-electron chi connectivity index (χ4n) is 0.204. The summed E-state index contributed by atoms with van der Waals surface area (Å²) in [6, 6.07) is 0. The molecule has 108 valence electrons. The van der Waals surface area contributed by atoms with Crippen LogP contribution in [0.2, 0.25) is 0 Å². The van der Waals surface area contributed by atoms with Crippen molar-refractivity contribution < 1.29 is 34.7 Å². The summed E-state index contributed by atoms with van der Waals surface area (Å²) in [5.74, 6) is 0. The minimum atomic E-state index is -0.750. The first kappa shape index (κ1) is 25.3. The van der Waals surface area contributed by atoms with Crippen LogP contribution in [-0.2, 0) is 14.3 Å². The zero-order chi connectivity index (χ0) is 14.7. The third kappa shape index (κ3) is 94.4. The Balaban J connectivity index is -0.0000000650. The van der Waals surface area contributed by atoms with Crippen LogP contribution in [0.15, 0.2) is 0 Å². The largest absolute Gasteiger partial charge is 0.400 e. The highest BCUT2D eigenvalue weighted by molar-refractivity contribution is 5.44. The first-order valence-electron chi connectivity index (χ1n) is 4.93. The van der Waals surface area contributed by atoms with E-state index in [1.165, 1.54) is 6.92 Å². The molecule has 0 spiro atoms. The van der Waals surface area contributed by atoms with Crippen LogP contribution in [0.3, 0.4) is 0 Å². The lowest BCUT2D eigenvalue weighted by Gasteiger charge is -2.21. The van der Waals surface area contributed by atoms with Crippen LogP contribution >= 0.6 is 0 Å². The Morgan fingerprint density at radius 3 is 1.41 bits per heavy atom. The second kappa shape index (κ2) is 29.5. The molecule has 1 fully saturated rings. The molecule has 1 saturated heterocycles. The number of aliphatic hydroxyl groups is 4. The number of aldehydes is 1. The molecule has 0 aromatic rings. The molecule has 0 radical (unpaired) electrons. The van der Waals surface area contributed by atoms with Crippen LogP contribution in [-0.4, -0.2) is 59.8 Å². The molecular formula is C10H26O7. The van der Waals surface area contributed by atoms with E-state index < -0.39 is 6.79 Å². The molecule has 17 heavy (non-hydrogen) atoms. The van der Waals surface area contributed by atoms with E-state index in [1.807, 2.05) is 6.92 Å². The van der Waals surface area contributed by atoms with Gasteiger partial charge in [-0.05, 0) is 27.7 Å². The van der Waals surface area contributed by atoms with Crippen LogP contribution < -0.4 is 0 Å². The molecule has 1 aliphatic heterocycles. The molecule has 0 atom stereocenters. The van der Waals surface area contributed by atoms with E-state index in [-0.39, 0.29) is 12.4 Å². The van der Waals surface area contributed by atoms with Gasteiger partial charge in [-0.25, -0.2) is 0 Å². The molecule has 1 rings (SSSR count). The maximum atomic E-state index is 8.81. The van der Waals surface area contributed by atoms with Crippen molar-refractivity contribution in [3.8, 4) is 0 Å². The summed E-state index contributed by atoms with van der Waals surface area (Å²) >= 11 is 0. The Morgan fingerprint density at radius 1 is 1.29 bits per heavy atom. The number of carbonyl (C=O) groups is 1. The highest BCUT2D eigenvalue weighted by atomic mass is 16.8. The van der Waals surface area contributed by atoms with E-state index >= 15 is 0 Å². The molecule has 7 heteroatoms. The first-order valence-corrected chi connectivity index (χ1v) is 4.93. The molecule has 0 saturated carbocycles. The quantitative estimate of drug-likeness (QED) is 0.341. The monoisotopic (exact) mass is 258 g/mol. The average Bonchev–Trinajstić information content (AvgIpc) is 2.19. The Hall–Kier alpha value is -0.570. The number of hydrogen-bond acceptors (Lipinski definition) is 7. The SMILES string of the molecule is CC(C)O.CC1OCO1.CC=O.CO.OCO. The second-order valence-corrected chi connectivity index (χ2v) is 2.49. The molecule has 7 nitrogen and oxygen atoms in total. The number of ether oxygens (including phenoxy) is 2. The van der Waals surface area contributed by atoms with Gasteiger partial charge in [0.05, 0.1) is 0 Å². The lowest BCUT2D eigenvalue weighted by Crippen LogP contribution is -2.26. The summed E-state index contributed by atoms with van der Waals surface area (Å²) < 4.78 is 9.42. The number of hydrogen-bond donors (Lipinski definition) is 4. The molecule has 0 aliphatic carbocycles. The van der Waals surface area contributed by atoms with Gasteiger partial charge in [-0.1, -0.05) is 0 Å². The maximum Gasteiger partial charge on any atom is 0.160 e. The fraction of sp³-hybridized carbons (Fsp3) is 0.900. The average molecular weight is 258 g/mol. The predicted molar refractivity (Wildman–Crippen MR) is 63.0 cm³/mol. The molecule has 0 amide bonds. The first-order chi connectivity index (χ1) is 7.95. The van der Waals surface area contributed by atoms with Crippen LogP contribution in [0.25, 0.3) is 0 Å². The van der Waals surface area contributed by atoms with Gasteiger partial charge in [0.1, 0.15) is 13.1 Å². The van der Waals surface area contributed by atoms with Crippen LogP contribution in [0.1, 0.15) is 27.7 Å². The molecule has 0 bridgehead atoms. The van der Waals surface area contributed by atoms with E-state index in [0.717, 1.165) is 13.4 Å². The normalized spacial score (nSPS) is 11.9. The van der Waals surface area contributed by atoms with Crippen molar-refractivity contribution >= 4 is 6.29 Å². The van der Waals surface area contributed by atoms with E-state index in [4.69, 9.17) is 34.7 Å². The van der Waals surface area contributed by atoms with Crippen molar-refractivity contribution in [2.75, 3.05) is 20.7 Å². The zero-order valence-corrected chi connectivity index (χ0v) is 11.2. The minimum absolute atomic E-state index is 0.0648. The Labute approximate surface area is 103 Å². The molecule has 0 aromatic carbocycles. The van der Waals surface area contributed by atoms with Crippen molar-refractivity contribution in [2.45, 2.75) is 40.1 Å². The van der Waals surface area contributed by atoms with Crippen molar-refractivity contribution in [3.05, 3.63) is 0 Å². The van der Waals surface area contributed by atoms with Gasteiger partial charge < -0.3 is 34.7 Å². The van der Waals surface area contributed by atoms with Crippen molar-refractivity contribution in [1.82, 2.24) is 0 Å². The summed E-state index contributed by atoms with van der Waals surface area (Å²) in [5, 5.41) is 29.3. The molecule has 1 heterocycles. The van der Waals surface area contributed by atoms with Gasteiger partial charge in [-0.15, -0.1) is 0 Å². The van der Waals surface area contributed by atoms with Crippen molar-refractivity contribution in [2.24, 2.45) is 0 Å². The van der Waals surface area contributed by atoms with Gasteiger partial charge in [0.25, 0.3) is 0 Å². The summed E-state index contributed by atoms with van der Waals surface area (Å²) in [7, 11) is 1.00. The topological polar surface area (TPSA) is 116 Å². The van der Waals surface area contributed by atoms with Gasteiger partial charge in [0, 0.05) is 13.2 Å². The second-order valence-electron chi connectivity index (χ2n) is 2.49. The highest BCUT2D eigenvalue weighted by Gasteiger charge is 2.09. The molecule has 4 N–H and O–H groups in total. The Kier molecular flexibility index (Phi) is 44.0. The number of rotatable bonds is 0. The third-order valence-electron chi connectivity index (χ3n) is 0.605. The summed E-state index contributed by atoms with van der Waals surface area (Å²) in [4.78, 5) is 8.81. The van der Waals surface area contributed by atoms with E-state index in [9.17, 15) is 0 Å². The van der Waals surface area contributed by atoms with Crippen molar-refractivity contribution in [1.29, 1.82) is 0 Å². The standard InChI is InChI=1S/C3H6O2.C3H8O.C2H4O.CH4O2.CH4O/c1-3-4-2-5-3;1-3(2)4;1-2-3;2-1-3;1-2/h3H,2H2,1H3;3-4H,1-2H3;2H,1H3;2-3H,1H2;2H,1H3. The Bertz CT molecular complexity index is 102. The Morgan fingerprint density at radius 2 is 1.41 bits per heavy atom. The number of aliphatic hydroxyl groups excluding tert-OH is 3. The van der Waals surface area contributed by atoms with Gasteiger partial charge >= 0.3 is 0 Å². The smallest absolute Gasteiger partial charge is 0.160 e. The summed E-state index contributed by atoms with van der Waals surface area (Å²) in [5.41, 5.74) is 0. The van der Waals surface area contributed by atoms with Gasteiger partial charge in [0.15, 0.2) is 13.1 Å². The highest BCUT2D eigenvalue weighted by Crippen LogP contribution is 2.02. The van der Waals surface area contributed by atoms with Crippen LogP contribution in [0.5, 0.6) is 0 Å². The van der Waals surface area contributed by atoms with E-state index in [2.05, 4.69) is 0 Å². The van der Waals surface area contributed by atoms with Gasteiger partial charge in [0.2, 0.25) is 0 Å². The predicted octanol–water partition coefficient (Wildman–Crippen LogP) is -0.534. The molecule has 0 aromatic heterocycles. The third-order valence-corrected chi connectivity index (χ3v) is 0.605. The molecular weight excluding hydrogens is 232 g/mol. The lowest BCUT2D eigenvalue weighted by atomic mass is 10.5. The van der Waals surface area contributed by atoms with Gasteiger partial charge in [-0.2, -0.15) is 0 Å². The maximum absolute atomic E-state index is 8.81.